The number of nitrogens with one attached hydrogen (secondary N) is 6. The van der Waals surface area contributed by atoms with Crippen molar-refractivity contribution in [3.63, 3.8) is 0 Å². The summed E-state index contributed by atoms with van der Waals surface area (Å²) < 4.78 is 33.0. The number of rotatable bonds is 15. The number of thioether (sulfide) groups is 1. The lowest BCUT2D eigenvalue weighted by molar-refractivity contribution is -0.132. The van der Waals surface area contributed by atoms with Crippen molar-refractivity contribution in [3.8, 4) is 0 Å². The number of benzene rings is 1. The molecule has 2 saturated heterocycles. The lowest BCUT2D eigenvalue weighted by Gasteiger charge is -2.62. The van der Waals surface area contributed by atoms with Gasteiger partial charge in [0.25, 0.3) is 0 Å². The molecule has 0 spiro atoms. The summed E-state index contributed by atoms with van der Waals surface area (Å²) >= 11 is 1.89. The number of hydrogen-bond acceptors (Lipinski definition) is 7. The van der Waals surface area contributed by atoms with E-state index in [0.29, 0.717) is 60.9 Å². The monoisotopic (exact) mass is 717 g/mol. The van der Waals surface area contributed by atoms with Gasteiger partial charge in [-0.3, -0.25) is 9.59 Å². The second-order valence-corrected chi connectivity index (χ2v) is 16.6. The average molecular weight is 718 g/mol. The molecule has 6 amide bonds. The van der Waals surface area contributed by atoms with E-state index in [2.05, 4.69) is 31.9 Å². The third-order valence-corrected chi connectivity index (χ3v) is 13.1. The Kier molecular flexibility index (Phi) is 10.4. The fraction of sp³-hybridized carbons (Fsp3) is 0.714. The molecule has 0 radical (unpaired) electrons. The molecule has 5 unspecified atom stereocenters. The molecule has 6 N–H and O–H groups in total. The van der Waals surface area contributed by atoms with Gasteiger partial charge in [0, 0.05) is 54.7 Å². The van der Waals surface area contributed by atoms with Gasteiger partial charge >= 0.3 is 12.1 Å². The number of nitrogens with zero attached hydrogens (tertiary/aromatic N) is 1. The minimum atomic E-state index is -0.893. The van der Waals surface area contributed by atoms with Crippen molar-refractivity contribution in [2.45, 2.75) is 106 Å². The van der Waals surface area contributed by atoms with Gasteiger partial charge in [-0.15, -0.1) is 0 Å². The summed E-state index contributed by atoms with van der Waals surface area (Å²) in [5, 5.41) is 19.1. The summed E-state index contributed by atoms with van der Waals surface area (Å²) in [7, 11) is 0. The number of halogens is 2. The van der Waals surface area contributed by atoms with E-state index in [4.69, 9.17) is 4.74 Å². The zero-order valence-corrected chi connectivity index (χ0v) is 29.2. The van der Waals surface area contributed by atoms with Gasteiger partial charge in [0.05, 0.1) is 31.8 Å². The molecule has 7 aliphatic rings. The molecule has 3 heterocycles. The summed E-state index contributed by atoms with van der Waals surface area (Å²) in [6, 6.07) is 2.49. The Morgan fingerprint density at radius 3 is 2.34 bits per heavy atom. The van der Waals surface area contributed by atoms with Gasteiger partial charge in [0.1, 0.15) is 0 Å². The highest BCUT2D eigenvalue weighted by Gasteiger charge is 2.58. The molecule has 4 saturated carbocycles. The van der Waals surface area contributed by atoms with Gasteiger partial charge in [0.2, 0.25) is 11.8 Å². The predicted octanol–water partition coefficient (Wildman–Crippen LogP) is 2.65. The lowest BCUT2D eigenvalue weighted by atomic mass is 9.50. The third-order valence-electron chi connectivity index (χ3n) is 11.6. The van der Waals surface area contributed by atoms with Crippen molar-refractivity contribution in [1.29, 1.82) is 0 Å². The molecule has 12 nitrogen and oxygen atoms in total. The molecule has 1 aromatic carbocycles. The van der Waals surface area contributed by atoms with Crippen molar-refractivity contribution in [1.82, 2.24) is 36.8 Å². The molecular weight excluding hydrogens is 668 g/mol. The zero-order chi connectivity index (χ0) is 34.9. The molecule has 8 rings (SSSR count). The number of unbranched alkanes of at least 4 members (excludes halogenated alkanes) is 1. The van der Waals surface area contributed by atoms with E-state index >= 15 is 0 Å². The van der Waals surface area contributed by atoms with Gasteiger partial charge in [-0.05, 0) is 86.5 Å². The molecule has 1 aromatic rings. The van der Waals surface area contributed by atoms with Crippen LogP contribution in [0.1, 0.15) is 75.3 Å². The minimum Gasteiger partial charge on any atom is -0.378 e. The number of urea groups is 2. The van der Waals surface area contributed by atoms with E-state index in [1.54, 1.807) is 4.90 Å². The van der Waals surface area contributed by atoms with Crippen molar-refractivity contribution < 1.29 is 32.7 Å². The Balaban J connectivity index is 0.760. The first kappa shape index (κ1) is 35.2. The molecule has 0 aromatic heterocycles. The van der Waals surface area contributed by atoms with Crippen LogP contribution in [-0.4, -0.2) is 95.8 Å². The van der Waals surface area contributed by atoms with E-state index in [9.17, 15) is 28.0 Å². The molecule has 15 heteroatoms. The molecule has 5 atom stereocenters. The van der Waals surface area contributed by atoms with Crippen LogP contribution in [0, 0.1) is 23.5 Å². The van der Waals surface area contributed by atoms with Crippen LogP contribution in [0.5, 0.6) is 0 Å². The number of carbonyl (C=O) groups excluding carboxylic acids is 4. The van der Waals surface area contributed by atoms with Crippen LogP contribution in [-0.2, 0) is 27.4 Å². The molecule has 274 valence electrons. The topological polar surface area (TPSA) is 153 Å². The summed E-state index contributed by atoms with van der Waals surface area (Å²) in [4.78, 5) is 51.5. The third kappa shape index (κ3) is 7.99. The lowest BCUT2D eigenvalue weighted by Crippen LogP contribution is -2.70. The van der Waals surface area contributed by atoms with Crippen molar-refractivity contribution in [2.24, 2.45) is 11.8 Å². The molecule has 4 aliphatic carbocycles. The quantitative estimate of drug-likeness (QED) is 0.121. The van der Waals surface area contributed by atoms with E-state index in [1.807, 2.05) is 11.8 Å². The second-order valence-electron chi connectivity index (χ2n) is 15.4. The predicted molar refractivity (Wildman–Crippen MR) is 183 cm³/mol. The van der Waals surface area contributed by atoms with E-state index in [1.165, 1.54) is 12.1 Å². The Labute approximate surface area is 295 Å². The maximum absolute atomic E-state index is 13.7. The first-order valence-corrected chi connectivity index (χ1v) is 19.2. The SMILES string of the molecule is O=C(CCCCC1SCC2NC(=O)NC21)NCCOCCNC(=O)NC12CC3CC(CC(NCC(=O)N4Cc5cc(F)c(F)cc5C4)(C3)C1)C2. The van der Waals surface area contributed by atoms with Crippen LogP contribution in [0.15, 0.2) is 12.1 Å². The van der Waals surface area contributed by atoms with Crippen LogP contribution in [0.2, 0.25) is 0 Å². The maximum Gasteiger partial charge on any atom is 0.315 e. The van der Waals surface area contributed by atoms with E-state index in [0.717, 1.165) is 63.5 Å². The van der Waals surface area contributed by atoms with Crippen LogP contribution < -0.4 is 31.9 Å². The Hall–Kier alpha value is -3.17. The Morgan fingerprint density at radius 1 is 0.940 bits per heavy atom. The number of hydrogen-bond donors (Lipinski definition) is 6. The normalized spacial score (nSPS) is 31.6. The number of carbonyl (C=O) groups is 4. The highest BCUT2D eigenvalue weighted by atomic mass is 32.2. The Morgan fingerprint density at radius 2 is 1.62 bits per heavy atom. The molecule has 3 aliphatic heterocycles. The van der Waals surface area contributed by atoms with Crippen molar-refractivity contribution in [2.75, 3.05) is 38.6 Å². The number of ether oxygens (including phenoxy) is 1. The minimum absolute atomic E-state index is 0.000994. The highest BCUT2D eigenvalue weighted by Crippen LogP contribution is 2.57. The second kappa shape index (κ2) is 14.8. The fourth-order valence-corrected chi connectivity index (χ4v) is 11.4. The van der Waals surface area contributed by atoms with Crippen LogP contribution >= 0.6 is 11.8 Å². The zero-order valence-electron chi connectivity index (χ0n) is 28.4. The smallest absolute Gasteiger partial charge is 0.315 e. The summed E-state index contributed by atoms with van der Waals surface area (Å²) in [6.45, 7) is 2.17. The highest BCUT2D eigenvalue weighted by molar-refractivity contribution is 8.00. The van der Waals surface area contributed by atoms with Crippen LogP contribution in [0.25, 0.3) is 0 Å². The molecule has 6 fully saturated rings. The maximum atomic E-state index is 13.7. The molecule has 50 heavy (non-hydrogen) atoms. The van der Waals surface area contributed by atoms with Gasteiger partial charge in [0.15, 0.2) is 11.6 Å². The fourth-order valence-electron chi connectivity index (χ4n) is 9.81. The van der Waals surface area contributed by atoms with Crippen LogP contribution in [0.4, 0.5) is 18.4 Å². The van der Waals surface area contributed by atoms with Gasteiger partial charge in [-0.1, -0.05) is 6.42 Å². The Bertz CT molecular complexity index is 1440. The number of fused-ring (bicyclic) bond motifs is 2. The van der Waals surface area contributed by atoms with Gasteiger partial charge in [-0.25, -0.2) is 18.4 Å². The largest absolute Gasteiger partial charge is 0.378 e. The summed E-state index contributed by atoms with van der Waals surface area (Å²) in [5.74, 6) is 0.0191. The average Bonchev–Trinajstić information content (AvgIpc) is 3.75. The summed E-state index contributed by atoms with van der Waals surface area (Å²) in [5.41, 5.74) is 0.745. The first-order chi connectivity index (χ1) is 24.1. The standard InChI is InChI=1S/C35H49F2N7O5S/c36-25-10-23-17-44(18-24(23)11-26(25)37)30(46)16-40-34-12-21-9-22(13-34)15-35(14-21,20-34)43-32(47)39-6-8-49-7-5-38-29(45)4-2-1-3-28-31-27(19-50-28)41-33(48)42-31/h10-11,21-22,27-28,31,40H,1-9,12-20H2,(H,38,45)(H2,39,43,47)(H2,41,42,48). The number of amides is 6. The summed E-state index contributed by atoms with van der Waals surface area (Å²) in [6.07, 6.45) is 8.91. The van der Waals surface area contributed by atoms with Gasteiger partial charge in [-0.2, -0.15) is 11.8 Å². The van der Waals surface area contributed by atoms with E-state index < -0.39 is 11.6 Å². The van der Waals surface area contributed by atoms with Crippen LogP contribution in [0.3, 0.4) is 0 Å². The van der Waals surface area contributed by atoms with Gasteiger partial charge < -0.3 is 41.5 Å². The molecular formula is C35H49F2N7O5S. The van der Waals surface area contributed by atoms with Crippen molar-refractivity contribution >= 4 is 35.6 Å². The first-order valence-electron chi connectivity index (χ1n) is 18.2. The van der Waals surface area contributed by atoms with Crippen molar-refractivity contribution in [3.05, 3.63) is 34.9 Å². The molecule has 4 bridgehead atoms. The van der Waals surface area contributed by atoms with E-state index in [-0.39, 0.29) is 66.7 Å².